The fourth-order valence-corrected chi connectivity index (χ4v) is 3.07. The van der Waals surface area contributed by atoms with E-state index in [-0.39, 0.29) is 23.1 Å². The maximum Gasteiger partial charge on any atom is 0.418 e. The van der Waals surface area contributed by atoms with Crippen molar-refractivity contribution in [1.82, 2.24) is 0 Å². The highest BCUT2D eigenvalue weighted by Gasteiger charge is 2.34. The van der Waals surface area contributed by atoms with Crippen molar-refractivity contribution >= 4 is 17.1 Å². The highest BCUT2D eigenvalue weighted by atomic mass is 19.4. The number of rotatable bonds is 4. The van der Waals surface area contributed by atoms with Crippen LogP contribution in [0.2, 0.25) is 0 Å². The van der Waals surface area contributed by atoms with E-state index in [0.717, 1.165) is 38.2 Å². The Morgan fingerprint density at radius 3 is 2.21 bits per heavy atom. The molecule has 24 heavy (non-hydrogen) atoms. The van der Waals surface area contributed by atoms with Crippen molar-refractivity contribution in [1.29, 1.82) is 0 Å². The van der Waals surface area contributed by atoms with Gasteiger partial charge in [0, 0.05) is 6.04 Å². The number of nitrogens with one attached hydrogen (secondary N) is 2. The first-order chi connectivity index (χ1) is 11.4. The lowest BCUT2D eigenvalue weighted by molar-refractivity contribution is -0.136. The number of hydrogen-bond acceptors (Lipinski definition) is 4. The molecule has 2 aromatic carbocycles. The van der Waals surface area contributed by atoms with E-state index in [9.17, 15) is 22.8 Å². The molecule has 0 saturated heterocycles. The standard InChI is InChI=1S/C17H17F3N2O2/c18-17(19,20)11-8-4-5-9-12(11)22-14-13(15(23)16(14)24)21-10-6-2-1-3-7-10/h4-5,8-10,21-22H,1-3,6-7H2. The molecule has 0 aromatic heterocycles. The third-order valence-electron chi connectivity index (χ3n) is 4.36. The molecule has 128 valence electrons. The molecule has 7 heteroatoms. The number of alkyl halides is 3. The minimum Gasteiger partial charge on any atom is -0.377 e. The first-order valence-corrected chi connectivity index (χ1v) is 7.91. The molecule has 1 aliphatic carbocycles. The van der Waals surface area contributed by atoms with Crippen LogP contribution >= 0.6 is 0 Å². The molecule has 0 atom stereocenters. The van der Waals surface area contributed by atoms with Gasteiger partial charge in [0.15, 0.2) is 0 Å². The van der Waals surface area contributed by atoms with Gasteiger partial charge in [-0.15, -0.1) is 0 Å². The van der Waals surface area contributed by atoms with E-state index in [1.165, 1.54) is 18.2 Å². The van der Waals surface area contributed by atoms with Gasteiger partial charge in [-0.3, -0.25) is 9.59 Å². The van der Waals surface area contributed by atoms with E-state index in [4.69, 9.17) is 0 Å². The smallest absolute Gasteiger partial charge is 0.377 e. The van der Waals surface area contributed by atoms with Gasteiger partial charge in [0.2, 0.25) is 0 Å². The van der Waals surface area contributed by atoms with E-state index >= 15 is 0 Å². The van der Waals surface area contributed by atoms with Crippen LogP contribution in [0.3, 0.4) is 0 Å². The van der Waals surface area contributed by atoms with Gasteiger partial charge in [-0.2, -0.15) is 13.2 Å². The molecule has 0 bridgehead atoms. The molecule has 0 radical (unpaired) electrons. The van der Waals surface area contributed by atoms with Crippen molar-refractivity contribution in [3.05, 3.63) is 50.3 Å². The maximum atomic E-state index is 13.0. The molecule has 0 heterocycles. The lowest BCUT2D eigenvalue weighted by Gasteiger charge is -2.26. The van der Waals surface area contributed by atoms with Gasteiger partial charge < -0.3 is 10.6 Å². The van der Waals surface area contributed by atoms with Gasteiger partial charge in [-0.25, -0.2) is 0 Å². The molecule has 0 unspecified atom stereocenters. The Morgan fingerprint density at radius 2 is 1.54 bits per heavy atom. The van der Waals surface area contributed by atoms with Crippen molar-refractivity contribution in [2.75, 3.05) is 10.6 Å². The van der Waals surface area contributed by atoms with Gasteiger partial charge in [0.25, 0.3) is 10.9 Å². The summed E-state index contributed by atoms with van der Waals surface area (Å²) in [7, 11) is 0. The van der Waals surface area contributed by atoms with Crippen molar-refractivity contribution < 1.29 is 13.2 Å². The van der Waals surface area contributed by atoms with Gasteiger partial charge >= 0.3 is 6.18 Å². The highest BCUT2D eigenvalue weighted by Crippen LogP contribution is 2.36. The summed E-state index contributed by atoms with van der Waals surface area (Å²) in [6, 6.07) is 4.97. The summed E-state index contributed by atoms with van der Waals surface area (Å²) in [5, 5.41) is 5.53. The lowest BCUT2D eigenvalue weighted by Crippen LogP contribution is -2.39. The second kappa shape index (κ2) is 6.30. The van der Waals surface area contributed by atoms with E-state index in [2.05, 4.69) is 10.6 Å². The van der Waals surface area contributed by atoms with Gasteiger partial charge in [0.05, 0.1) is 11.3 Å². The predicted octanol–water partition coefficient (Wildman–Crippen LogP) is 3.79. The Bertz CT molecular complexity index is 801. The molecule has 0 amide bonds. The molecular formula is C17H17F3N2O2. The van der Waals surface area contributed by atoms with E-state index in [1.54, 1.807) is 0 Å². The first-order valence-electron chi connectivity index (χ1n) is 7.91. The van der Waals surface area contributed by atoms with Crippen molar-refractivity contribution in [3.63, 3.8) is 0 Å². The van der Waals surface area contributed by atoms with E-state index in [1.807, 2.05) is 0 Å². The topological polar surface area (TPSA) is 58.2 Å². The second-order valence-corrected chi connectivity index (χ2v) is 6.06. The van der Waals surface area contributed by atoms with Crippen LogP contribution in [0.1, 0.15) is 37.7 Å². The highest BCUT2D eigenvalue weighted by molar-refractivity contribution is 5.80. The molecule has 1 saturated carbocycles. The Kier molecular flexibility index (Phi) is 4.34. The fraction of sp³-hybridized carbons (Fsp3) is 0.412. The third kappa shape index (κ3) is 3.16. The normalized spacial score (nSPS) is 16.3. The van der Waals surface area contributed by atoms with Crippen LogP contribution in [0.25, 0.3) is 0 Å². The minimum atomic E-state index is -4.54. The lowest BCUT2D eigenvalue weighted by atomic mass is 9.95. The van der Waals surface area contributed by atoms with Gasteiger partial charge in [-0.1, -0.05) is 31.4 Å². The second-order valence-electron chi connectivity index (χ2n) is 6.06. The molecule has 0 spiro atoms. The first kappa shape index (κ1) is 16.5. The minimum absolute atomic E-state index is 0.0812. The van der Waals surface area contributed by atoms with E-state index < -0.39 is 22.6 Å². The summed E-state index contributed by atoms with van der Waals surface area (Å²) in [4.78, 5) is 23.6. The molecule has 1 aliphatic rings. The van der Waals surface area contributed by atoms with Crippen LogP contribution < -0.4 is 21.5 Å². The number of hydrogen-bond donors (Lipinski definition) is 2. The Balaban J connectivity index is 1.86. The zero-order valence-electron chi connectivity index (χ0n) is 12.9. The molecule has 2 N–H and O–H groups in total. The van der Waals surface area contributed by atoms with Crippen molar-refractivity contribution in [3.8, 4) is 0 Å². The Labute approximate surface area is 136 Å². The van der Waals surface area contributed by atoms with Crippen molar-refractivity contribution in [2.24, 2.45) is 0 Å². The quantitative estimate of drug-likeness (QED) is 0.833. The fourth-order valence-electron chi connectivity index (χ4n) is 3.07. The average molecular weight is 338 g/mol. The summed E-state index contributed by atoms with van der Waals surface area (Å²) in [5.41, 5.74) is -2.55. The number of anilines is 3. The summed E-state index contributed by atoms with van der Waals surface area (Å²) in [6.07, 6.45) is 0.431. The van der Waals surface area contributed by atoms with Crippen LogP contribution in [-0.4, -0.2) is 6.04 Å². The van der Waals surface area contributed by atoms with Crippen LogP contribution in [0.15, 0.2) is 33.9 Å². The molecule has 2 aromatic rings. The largest absolute Gasteiger partial charge is 0.418 e. The van der Waals surface area contributed by atoms with Crippen molar-refractivity contribution in [2.45, 2.75) is 44.3 Å². The van der Waals surface area contributed by atoms with E-state index in [0.29, 0.717) is 0 Å². The summed E-state index contributed by atoms with van der Waals surface area (Å²) in [6.45, 7) is 0. The monoisotopic (exact) mass is 338 g/mol. The predicted molar refractivity (Wildman–Crippen MR) is 86.6 cm³/mol. The zero-order chi connectivity index (χ0) is 17.3. The number of para-hydroxylation sites is 1. The van der Waals surface area contributed by atoms with Crippen LogP contribution in [0.4, 0.5) is 30.2 Å². The third-order valence-corrected chi connectivity index (χ3v) is 4.36. The van der Waals surface area contributed by atoms with Gasteiger partial charge in [0.1, 0.15) is 11.4 Å². The number of benzene rings is 1. The maximum absolute atomic E-state index is 13.0. The summed E-state index contributed by atoms with van der Waals surface area (Å²) < 4.78 is 39.1. The zero-order valence-corrected chi connectivity index (χ0v) is 12.9. The summed E-state index contributed by atoms with van der Waals surface area (Å²) in [5.74, 6) is 0. The molecule has 3 rings (SSSR count). The van der Waals surface area contributed by atoms with Crippen LogP contribution in [0.5, 0.6) is 0 Å². The van der Waals surface area contributed by atoms with Gasteiger partial charge in [-0.05, 0) is 25.0 Å². The SMILES string of the molecule is O=c1c(Nc2ccccc2C(F)(F)F)c(NC2CCCCC2)c1=O. The summed E-state index contributed by atoms with van der Waals surface area (Å²) >= 11 is 0. The molecule has 4 nitrogen and oxygen atoms in total. The Morgan fingerprint density at radius 1 is 0.917 bits per heavy atom. The van der Waals surface area contributed by atoms with Crippen LogP contribution in [-0.2, 0) is 6.18 Å². The Hall–Kier alpha value is -2.31. The molecule has 0 aliphatic heterocycles. The number of halogens is 3. The molecule has 1 fully saturated rings. The average Bonchev–Trinajstić information content (AvgIpc) is 2.58. The van der Waals surface area contributed by atoms with Crippen LogP contribution in [0, 0.1) is 0 Å². The molecular weight excluding hydrogens is 321 g/mol.